The predicted octanol–water partition coefficient (Wildman–Crippen LogP) is 3.74. The molecule has 2 nitrogen and oxygen atoms in total. The lowest BCUT2D eigenvalue weighted by atomic mass is 10.1. The van der Waals surface area contributed by atoms with Gasteiger partial charge < -0.3 is 10.5 Å². The maximum absolute atomic E-state index is 11.9. The Hall–Kier alpha value is -1.23. The van der Waals surface area contributed by atoms with Crippen molar-refractivity contribution < 1.29 is 17.9 Å². The largest absolute Gasteiger partial charge is 0.493 e. The summed E-state index contributed by atoms with van der Waals surface area (Å²) < 4.78 is 41.1. The summed E-state index contributed by atoms with van der Waals surface area (Å²) in [5.41, 5.74) is 7.60. The van der Waals surface area contributed by atoms with Crippen molar-refractivity contribution in [3.63, 3.8) is 0 Å². The lowest BCUT2D eigenvalue weighted by molar-refractivity contribution is -0.136. The van der Waals surface area contributed by atoms with Gasteiger partial charge in [-0.05, 0) is 37.5 Å². The first-order valence-electron chi connectivity index (χ1n) is 5.85. The summed E-state index contributed by atoms with van der Waals surface area (Å²) in [5.74, 6) is 0.613. The molecule has 0 aromatic heterocycles. The molecule has 1 atom stereocenters. The summed E-state index contributed by atoms with van der Waals surface area (Å²) in [6.45, 7) is 3.79. The molecule has 0 amide bonds. The van der Waals surface area contributed by atoms with E-state index < -0.39 is 12.6 Å². The molecule has 0 heterocycles. The van der Waals surface area contributed by atoms with E-state index in [9.17, 15) is 13.2 Å². The van der Waals surface area contributed by atoms with Gasteiger partial charge in [-0.1, -0.05) is 12.1 Å². The molecule has 0 spiro atoms. The van der Waals surface area contributed by atoms with E-state index in [1.54, 1.807) is 6.07 Å². The van der Waals surface area contributed by atoms with Crippen LogP contribution in [0, 0.1) is 6.92 Å². The van der Waals surface area contributed by atoms with Crippen LogP contribution in [-0.2, 0) is 0 Å². The highest BCUT2D eigenvalue weighted by atomic mass is 19.4. The number of hydrogen-bond acceptors (Lipinski definition) is 2. The van der Waals surface area contributed by atoms with Gasteiger partial charge in [0.15, 0.2) is 0 Å². The summed E-state index contributed by atoms with van der Waals surface area (Å²) in [5, 5.41) is 0. The molecule has 5 heteroatoms. The fraction of sp³-hybridized carbons (Fsp3) is 0.538. The van der Waals surface area contributed by atoms with Gasteiger partial charge in [-0.2, -0.15) is 13.2 Å². The van der Waals surface area contributed by atoms with Gasteiger partial charge >= 0.3 is 6.18 Å². The summed E-state index contributed by atoms with van der Waals surface area (Å²) in [4.78, 5) is 0. The zero-order chi connectivity index (χ0) is 13.8. The van der Waals surface area contributed by atoms with E-state index in [0.717, 1.165) is 11.1 Å². The molecule has 1 rings (SSSR count). The Balaban J connectivity index is 2.48. The Kier molecular flexibility index (Phi) is 5.02. The van der Waals surface area contributed by atoms with Crippen LogP contribution in [0.3, 0.4) is 0 Å². The van der Waals surface area contributed by atoms with Crippen molar-refractivity contribution in [2.75, 3.05) is 6.61 Å². The fourth-order valence-corrected chi connectivity index (χ4v) is 1.57. The quantitative estimate of drug-likeness (QED) is 0.819. The van der Waals surface area contributed by atoms with Crippen LogP contribution in [0.1, 0.15) is 36.9 Å². The second-order valence-corrected chi connectivity index (χ2v) is 4.38. The smallest absolute Gasteiger partial charge is 0.389 e. The number of alkyl halides is 3. The lowest BCUT2D eigenvalue weighted by Crippen LogP contribution is -2.10. The number of benzene rings is 1. The zero-order valence-corrected chi connectivity index (χ0v) is 10.6. The average molecular weight is 261 g/mol. The molecule has 0 saturated heterocycles. The number of aryl methyl sites for hydroxylation is 1. The van der Waals surface area contributed by atoms with Gasteiger partial charge in [0.25, 0.3) is 0 Å². The van der Waals surface area contributed by atoms with E-state index in [1.807, 2.05) is 26.0 Å². The van der Waals surface area contributed by atoms with Crippen molar-refractivity contribution in [3.8, 4) is 5.75 Å². The van der Waals surface area contributed by atoms with Gasteiger partial charge in [0.05, 0.1) is 6.61 Å². The minimum absolute atomic E-state index is 0.0298. The Morgan fingerprint density at radius 2 is 2.00 bits per heavy atom. The Bertz CT molecular complexity index is 388. The molecule has 0 bridgehead atoms. The molecular formula is C13H18F3NO. The topological polar surface area (TPSA) is 35.2 Å². The van der Waals surface area contributed by atoms with Crippen molar-refractivity contribution in [2.24, 2.45) is 5.73 Å². The van der Waals surface area contributed by atoms with E-state index >= 15 is 0 Å². The molecule has 1 aromatic rings. The molecule has 0 aliphatic rings. The highest BCUT2D eigenvalue weighted by Gasteiger charge is 2.26. The molecule has 2 N–H and O–H groups in total. The zero-order valence-electron chi connectivity index (χ0n) is 10.6. The van der Waals surface area contributed by atoms with Crippen LogP contribution in [0.2, 0.25) is 0 Å². The Labute approximate surface area is 105 Å². The summed E-state index contributed by atoms with van der Waals surface area (Å²) in [6, 6.07) is 5.41. The first-order chi connectivity index (χ1) is 8.29. The standard InChI is InChI=1S/C13H18F3NO/c1-9-8-11(10(2)17)4-5-12(9)18-7-3-6-13(14,15)16/h4-5,8,10H,3,6-7,17H2,1-2H3/t10-/m1/s1. The van der Waals surface area contributed by atoms with Gasteiger partial charge in [0.2, 0.25) is 0 Å². The van der Waals surface area contributed by atoms with E-state index in [0.29, 0.717) is 5.75 Å². The van der Waals surface area contributed by atoms with E-state index in [-0.39, 0.29) is 19.1 Å². The van der Waals surface area contributed by atoms with E-state index in [1.165, 1.54) is 0 Å². The molecule has 1 aromatic carbocycles. The maximum Gasteiger partial charge on any atom is 0.389 e. The maximum atomic E-state index is 11.9. The minimum atomic E-state index is -4.11. The number of halogens is 3. The minimum Gasteiger partial charge on any atom is -0.493 e. The molecule has 18 heavy (non-hydrogen) atoms. The Morgan fingerprint density at radius 1 is 1.33 bits per heavy atom. The van der Waals surface area contributed by atoms with E-state index in [2.05, 4.69) is 0 Å². The first kappa shape index (κ1) is 14.8. The number of rotatable bonds is 5. The van der Waals surface area contributed by atoms with Gasteiger partial charge in [0.1, 0.15) is 5.75 Å². The van der Waals surface area contributed by atoms with Crippen LogP contribution in [0.4, 0.5) is 13.2 Å². The van der Waals surface area contributed by atoms with Crippen LogP contribution in [0.5, 0.6) is 5.75 Å². The average Bonchev–Trinajstić information content (AvgIpc) is 2.24. The summed E-state index contributed by atoms with van der Waals surface area (Å²) >= 11 is 0. The van der Waals surface area contributed by atoms with Crippen molar-refractivity contribution in [1.29, 1.82) is 0 Å². The van der Waals surface area contributed by atoms with Crippen LogP contribution in [-0.4, -0.2) is 12.8 Å². The van der Waals surface area contributed by atoms with Gasteiger partial charge in [0, 0.05) is 12.5 Å². The molecular weight excluding hydrogens is 243 g/mol. The van der Waals surface area contributed by atoms with Crippen LogP contribution in [0.15, 0.2) is 18.2 Å². The second kappa shape index (κ2) is 6.09. The lowest BCUT2D eigenvalue weighted by Gasteiger charge is -2.12. The van der Waals surface area contributed by atoms with Gasteiger partial charge in [-0.3, -0.25) is 0 Å². The highest BCUT2D eigenvalue weighted by molar-refractivity contribution is 5.37. The van der Waals surface area contributed by atoms with Crippen molar-refractivity contribution in [3.05, 3.63) is 29.3 Å². The van der Waals surface area contributed by atoms with Crippen molar-refractivity contribution >= 4 is 0 Å². The third-order valence-electron chi connectivity index (χ3n) is 2.59. The first-order valence-corrected chi connectivity index (χ1v) is 5.85. The molecule has 0 aliphatic carbocycles. The molecule has 0 radical (unpaired) electrons. The molecule has 0 unspecified atom stereocenters. The van der Waals surface area contributed by atoms with Gasteiger partial charge in [-0.25, -0.2) is 0 Å². The SMILES string of the molecule is Cc1cc([C@@H](C)N)ccc1OCCCC(F)(F)F. The monoisotopic (exact) mass is 261 g/mol. The van der Waals surface area contributed by atoms with Crippen molar-refractivity contribution in [1.82, 2.24) is 0 Å². The molecule has 102 valence electrons. The molecule has 0 fully saturated rings. The van der Waals surface area contributed by atoms with Crippen LogP contribution >= 0.6 is 0 Å². The van der Waals surface area contributed by atoms with Crippen molar-refractivity contribution in [2.45, 2.75) is 38.9 Å². The highest BCUT2D eigenvalue weighted by Crippen LogP contribution is 2.24. The number of ether oxygens (including phenoxy) is 1. The molecule has 0 aliphatic heterocycles. The fourth-order valence-electron chi connectivity index (χ4n) is 1.57. The summed E-state index contributed by atoms with van der Waals surface area (Å²) in [7, 11) is 0. The van der Waals surface area contributed by atoms with Gasteiger partial charge in [-0.15, -0.1) is 0 Å². The summed E-state index contributed by atoms with van der Waals surface area (Å²) in [6.07, 6.45) is -4.96. The van der Waals surface area contributed by atoms with Crippen LogP contribution in [0.25, 0.3) is 0 Å². The third-order valence-corrected chi connectivity index (χ3v) is 2.59. The predicted molar refractivity (Wildman–Crippen MR) is 64.6 cm³/mol. The third kappa shape index (κ3) is 4.96. The normalized spacial score (nSPS) is 13.4. The second-order valence-electron chi connectivity index (χ2n) is 4.38. The molecule has 0 saturated carbocycles. The van der Waals surface area contributed by atoms with Crippen LogP contribution < -0.4 is 10.5 Å². The number of hydrogen-bond donors (Lipinski definition) is 1. The van der Waals surface area contributed by atoms with E-state index in [4.69, 9.17) is 10.5 Å². The Morgan fingerprint density at radius 3 is 2.50 bits per heavy atom. The number of nitrogens with two attached hydrogens (primary N) is 1.